The van der Waals surface area contributed by atoms with E-state index in [0.29, 0.717) is 6.54 Å². The maximum atomic E-state index is 4.09. The quantitative estimate of drug-likeness (QED) is 0.765. The van der Waals surface area contributed by atoms with Crippen LogP contribution in [-0.4, -0.2) is 25.2 Å². The molecule has 3 rings (SSSR count). The van der Waals surface area contributed by atoms with Crippen LogP contribution in [0.25, 0.3) is 5.69 Å². The van der Waals surface area contributed by atoms with Crippen LogP contribution < -0.4 is 5.32 Å². The second-order valence-electron chi connectivity index (χ2n) is 3.99. The molecular weight excluding hydrogens is 240 g/mol. The molecule has 0 aliphatic heterocycles. The van der Waals surface area contributed by atoms with Gasteiger partial charge in [0.1, 0.15) is 6.33 Å². The molecule has 6 heteroatoms. The van der Waals surface area contributed by atoms with E-state index in [1.807, 2.05) is 42.6 Å². The van der Waals surface area contributed by atoms with Crippen LogP contribution in [0.15, 0.2) is 55.1 Å². The number of nitrogens with one attached hydrogen (secondary N) is 1. The van der Waals surface area contributed by atoms with E-state index in [-0.39, 0.29) is 0 Å². The lowest BCUT2D eigenvalue weighted by Gasteiger charge is -2.10. The Morgan fingerprint density at radius 1 is 1.11 bits per heavy atom. The van der Waals surface area contributed by atoms with E-state index in [2.05, 4.69) is 25.8 Å². The zero-order chi connectivity index (χ0) is 12.9. The lowest BCUT2D eigenvalue weighted by Crippen LogP contribution is -2.05. The minimum Gasteiger partial charge on any atom is -0.379 e. The van der Waals surface area contributed by atoms with E-state index in [9.17, 15) is 0 Å². The van der Waals surface area contributed by atoms with Gasteiger partial charge in [-0.25, -0.2) is 0 Å². The van der Waals surface area contributed by atoms with Crippen molar-refractivity contribution < 1.29 is 0 Å². The Bertz CT molecular complexity index is 635. The van der Waals surface area contributed by atoms with Crippen molar-refractivity contribution >= 4 is 5.69 Å². The van der Waals surface area contributed by atoms with Crippen molar-refractivity contribution in [2.24, 2.45) is 0 Å². The normalized spacial score (nSPS) is 10.3. The summed E-state index contributed by atoms with van der Waals surface area (Å²) >= 11 is 0. The van der Waals surface area contributed by atoms with Crippen molar-refractivity contribution in [3.8, 4) is 5.69 Å². The Labute approximate surface area is 110 Å². The molecule has 19 heavy (non-hydrogen) atoms. The number of benzene rings is 1. The number of rotatable bonds is 4. The molecule has 6 nitrogen and oxygen atoms in total. The number of hydrogen-bond acceptors (Lipinski definition) is 5. The highest BCUT2D eigenvalue weighted by atomic mass is 15.5. The third-order valence-corrected chi connectivity index (χ3v) is 2.71. The zero-order valence-electron chi connectivity index (χ0n) is 10.1. The van der Waals surface area contributed by atoms with E-state index < -0.39 is 0 Å². The molecule has 2 heterocycles. The van der Waals surface area contributed by atoms with Gasteiger partial charge in [-0.2, -0.15) is 4.68 Å². The molecule has 0 atom stereocenters. The third-order valence-electron chi connectivity index (χ3n) is 2.71. The second-order valence-corrected chi connectivity index (χ2v) is 3.99. The van der Waals surface area contributed by atoms with Crippen LogP contribution in [-0.2, 0) is 6.54 Å². The fourth-order valence-corrected chi connectivity index (χ4v) is 1.79. The van der Waals surface area contributed by atoms with Crippen LogP contribution in [0.2, 0.25) is 0 Å². The van der Waals surface area contributed by atoms with E-state index in [1.54, 1.807) is 17.2 Å². The molecule has 0 aliphatic carbocycles. The first-order valence-electron chi connectivity index (χ1n) is 5.88. The summed E-state index contributed by atoms with van der Waals surface area (Å²) in [5.74, 6) is 0. The summed E-state index contributed by atoms with van der Waals surface area (Å²) in [6.45, 7) is 0.701. The molecule has 2 aromatic heterocycles. The molecule has 0 bridgehead atoms. The molecule has 1 aromatic carbocycles. The molecule has 94 valence electrons. The van der Waals surface area contributed by atoms with E-state index in [0.717, 1.165) is 16.9 Å². The Balaban J connectivity index is 1.82. The van der Waals surface area contributed by atoms with Gasteiger partial charge in [0.2, 0.25) is 0 Å². The number of nitrogens with zero attached hydrogens (tertiary/aromatic N) is 5. The monoisotopic (exact) mass is 252 g/mol. The molecule has 0 saturated carbocycles. The van der Waals surface area contributed by atoms with Gasteiger partial charge in [-0.3, -0.25) is 4.98 Å². The molecule has 3 aromatic rings. The SMILES string of the molecule is c1cncc(CNc2ccccc2-n2cnnn2)c1. The summed E-state index contributed by atoms with van der Waals surface area (Å²) in [6.07, 6.45) is 5.18. The minimum absolute atomic E-state index is 0.701. The molecule has 0 radical (unpaired) electrons. The number of hydrogen-bond donors (Lipinski definition) is 1. The zero-order valence-corrected chi connectivity index (χ0v) is 10.1. The van der Waals surface area contributed by atoms with Gasteiger partial charge in [0.15, 0.2) is 0 Å². The summed E-state index contributed by atoms with van der Waals surface area (Å²) < 4.78 is 1.63. The Kier molecular flexibility index (Phi) is 3.14. The van der Waals surface area contributed by atoms with Crippen LogP contribution in [0.5, 0.6) is 0 Å². The molecule has 1 N–H and O–H groups in total. The van der Waals surface area contributed by atoms with Gasteiger partial charge < -0.3 is 5.32 Å². The predicted molar refractivity (Wildman–Crippen MR) is 70.7 cm³/mol. The summed E-state index contributed by atoms with van der Waals surface area (Å²) in [7, 11) is 0. The van der Waals surface area contributed by atoms with E-state index in [1.165, 1.54) is 0 Å². The number of pyridine rings is 1. The Morgan fingerprint density at radius 2 is 2.05 bits per heavy atom. The fraction of sp³-hybridized carbons (Fsp3) is 0.0769. The van der Waals surface area contributed by atoms with Gasteiger partial charge in [-0.05, 0) is 34.2 Å². The first-order valence-corrected chi connectivity index (χ1v) is 5.88. The van der Waals surface area contributed by atoms with Gasteiger partial charge in [-0.1, -0.05) is 18.2 Å². The molecule has 0 amide bonds. The maximum absolute atomic E-state index is 4.09. The number of para-hydroxylation sites is 2. The van der Waals surface area contributed by atoms with Crippen molar-refractivity contribution in [2.45, 2.75) is 6.54 Å². The first kappa shape index (κ1) is 11.3. The van der Waals surface area contributed by atoms with Crippen molar-refractivity contribution in [1.29, 1.82) is 0 Å². The predicted octanol–water partition coefficient (Wildman–Crippen LogP) is 1.67. The van der Waals surface area contributed by atoms with Gasteiger partial charge in [0.05, 0.1) is 11.4 Å². The smallest absolute Gasteiger partial charge is 0.143 e. The van der Waals surface area contributed by atoms with Crippen LogP contribution in [0.3, 0.4) is 0 Å². The van der Waals surface area contributed by atoms with Crippen molar-refractivity contribution in [3.05, 3.63) is 60.7 Å². The van der Waals surface area contributed by atoms with Gasteiger partial charge in [0, 0.05) is 18.9 Å². The van der Waals surface area contributed by atoms with Crippen LogP contribution >= 0.6 is 0 Å². The average molecular weight is 252 g/mol. The number of tetrazole rings is 1. The minimum atomic E-state index is 0.701. The highest BCUT2D eigenvalue weighted by molar-refractivity contribution is 5.60. The van der Waals surface area contributed by atoms with Crippen molar-refractivity contribution in [3.63, 3.8) is 0 Å². The fourth-order valence-electron chi connectivity index (χ4n) is 1.79. The van der Waals surface area contributed by atoms with Crippen LogP contribution in [0.4, 0.5) is 5.69 Å². The number of aromatic nitrogens is 5. The second kappa shape index (κ2) is 5.26. The average Bonchev–Trinajstić information content (AvgIpc) is 3.01. The summed E-state index contributed by atoms with van der Waals surface area (Å²) in [4.78, 5) is 4.09. The topological polar surface area (TPSA) is 68.5 Å². The summed E-state index contributed by atoms with van der Waals surface area (Å²) in [5.41, 5.74) is 3.00. The summed E-state index contributed by atoms with van der Waals surface area (Å²) in [6, 6.07) is 11.8. The standard InChI is InChI=1S/C13H12N6/c1-2-6-13(19-10-16-17-18-19)12(5-1)15-9-11-4-3-7-14-8-11/h1-8,10,15H,9H2. The highest BCUT2D eigenvalue weighted by Gasteiger charge is 2.04. The van der Waals surface area contributed by atoms with E-state index >= 15 is 0 Å². The van der Waals surface area contributed by atoms with Gasteiger partial charge in [-0.15, -0.1) is 5.10 Å². The van der Waals surface area contributed by atoms with Gasteiger partial charge >= 0.3 is 0 Å². The lowest BCUT2D eigenvalue weighted by atomic mass is 10.2. The molecule has 0 saturated heterocycles. The third kappa shape index (κ3) is 2.57. The van der Waals surface area contributed by atoms with Crippen molar-refractivity contribution in [1.82, 2.24) is 25.2 Å². The van der Waals surface area contributed by atoms with Crippen molar-refractivity contribution in [2.75, 3.05) is 5.32 Å². The van der Waals surface area contributed by atoms with E-state index in [4.69, 9.17) is 0 Å². The van der Waals surface area contributed by atoms with Crippen LogP contribution in [0, 0.1) is 0 Å². The lowest BCUT2D eigenvalue weighted by molar-refractivity contribution is 0.789. The highest BCUT2D eigenvalue weighted by Crippen LogP contribution is 2.18. The number of anilines is 1. The maximum Gasteiger partial charge on any atom is 0.143 e. The molecule has 0 unspecified atom stereocenters. The molecule has 0 aliphatic rings. The molecular formula is C13H12N6. The molecule has 0 fully saturated rings. The van der Waals surface area contributed by atoms with Crippen LogP contribution in [0.1, 0.15) is 5.56 Å². The Morgan fingerprint density at radius 3 is 2.84 bits per heavy atom. The largest absolute Gasteiger partial charge is 0.379 e. The summed E-state index contributed by atoms with van der Waals surface area (Å²) in [5, 5.41) is 14.6. The molecule has 0 spiro atoms. The Hall–Kier alpha value is -2.76. The van der Waals surface area contributed by atoms with Gasteiger partial charge in [0.25, 0.3) is 0 Å². The first-order chi connectivity index (χ1) is 9.43.